The first-order valence-corrected chi connectivity index (χ1v) is 8.21. The molecule has 0 saturated heterocycles. The number of aliphatic hydroxyl groups is 1. The van der Waals surface area contributed by atoms with Gasteiger partial charge in [0.15, 0.2) is 0 Å². The number of nitrogens with zero attached hydrogens (tertiary/aromatic N) is 1. The first kappa shape index (κ1) is 21.4. The van der Waals surface area contributed by atoms with Gasteiger partial charge in [0.1, 0.15) is 17.4 Å². The van der Waals surface area contributed by atoms with Crippen LogP contribution in [0.3, 0.4) is 0 Å². The van der Waals surface area contributed by atoms with Crippen LogP contribution in [0.4, 0.5) is 4.79 Å². The van der Waals surface area contributed by atoms with Crippen LogP contribution in [0.25, 0.3) is 0 Å². The lowest BCUT2D eigenvalue weighted by Crippen LogP contribution is -2.42. The molecule has 0 fully saturated rings. The molecular formula is C18H26N2O6. The summed E-state index contributed by atoms with van der Waals surface area (Å²) in [5.41, 5.74) is 0.108. The zero-order chi connectivity index (χ0) is 19.7. The molecule has 1 aromatic rings. The van der Waals surface area contributed by atoms with E-state index in [4.69, 9.17) is 14.6 Å². The zero-order valence-electron chi connectivity index (χ0n) is 15.5. The molecule has 1 rings (SSSR count). The second kappa shape index (κ2) is 9.76. The van der Waals surface area contributed by atoms with Crippen molar-refractivity contribution in [3.8, 4) is 5.75 Å². The Morgan fingerprint density at radius 1 is 1.27 bits per heavy atom. The van der Waals surface area contributed by atoms with Crippen LogP contribution >= 0.6 is 0 Å². The summed E-state index contributed by atoms with van der Waals surface area (Å²) in [6, 6.07) is 5.76. The molecule has 1 aromatic carbocycles. The highest BCUT2D eigenvalue weighted by Gasteiger charge is 2.25. The number of carbonyl (C=O) groups is 3. The van der Waals surface area contributed by atoms with Gasteiger partial charge < -0.3 is 24.8 Å². The predicted octanol–water partition coefficient (Wildman–Crippen LogP) is 1.11. The molecule has 0 aromatic heterocycles. The Bertz CT molecular complexity index is 609. The first-order chi connectivity index (χ1) is 12.2. The smallest absolute Gasteiger partial charge is 0.415 e. The van der Waals surface area contributed by atoms with E-state index in [1.807, 2.05) is 0 Å². The quantitative estimate of drug-likeness (QED) is 0.527. The number of esters is 1. The fourth-order valence-corrected chi connectivity index (χ4v) is 2.01. The van der Waals surface area contributed by atoms with Crippen molar-refractivity contribution in [2.24, 2.45) is 0 Å². The molecule has 0 aliphatic carbocycles. The van der Waals surface area contributed by atoms with Gasteiger partial charge in [0.2, 0.25) is 6.41 Å². The molecule has 1 unspecified atom stereocenters. The summed E-state index contributed by atoms with van der Waals surface area (Å²) in [5, 5.41) is 11.3. The number of benzene rings is 1. The average Bonchev–Trinajstić information content (AvgIpc) is 2.54. The maximum absolute atomic E-state index is 12.2. The van der Waals surface area contributed by atoms with E-state index in [-0.39, 0.29) is 19.6 Å². The second-order valence-corrected chi connectivity index (χ2v) is 6.73. The van der Waals surface area contributed by atoms with Crippen LogP contribution in [0.15, 0.2) is 24.3 Å². The summed E-state index contributed by atoms with van der Waals surface area (Å²) in [6.45, 7) is 5.27. The number of aliphatic hydroxyl groups excluding tert-OH is 1. The van der Waals surface area contributed by atoms with Gasteiger partial charge in [-0.25, -0.2) is 9.59 Å². The fraction of sp³-hybridized carbons (Fsp3) is 0.500. The molecule has 0 spiro atoms. The lowest BCUT2D eigenvalue weighted by molar-refractivity contribution is -0.158. The van der Waals surface area contributed by atoms with E-state index in [0.717, 1.165) is 5.56 Å². The van der Waals surface area contributed by atoms with Gasteiger partial charge in [-0.05, 0) is 38.5 Å². The third-order valence-corrected chi connectivity index (χ3v) is 3.28. The molecule has 2 amide bonds. The van der Waals surface area contributed by atoms with Crippen molar-refractivity contribution in [2.45, 2.75) is 38.8 Å². The van der Waals surface area contributed by atoms with Crippen LogP contribution in [-0.2, 0) is 20.7 Å². The Hall–Kier alpha value is -2.61. The highest BCUT2D eigenvalue weighted by atomic mass is 16.6. The third-order valence-electron chi connectivity index (χ3n) is 3.28. The Morgan fingerprint density at radius 2 is 1.88 bits per heavy atom. The van der Waals surface area contributed by atoms with Crippen molar-refractivity contribution in [3.05, 3.63) is 29.8 Å². The molecule has 0 aliphatic rings. The minimum Gasteiger partial charge on any atom is -0.458 e. The molecular weight excluding hydrogens is 340 g/mol. The van der Waals surface area contributed by atoms with Crippen molar-refractivity contribution in [2.75, 3.05) is 20.2 Å². The van der Waals surface area contributed by atoms with E-state index >= 15 is 0 Å². The van der Waals surface area contributed by atoms with Crippen molar-refractivity contribution >= 4 is 18.5 Å². The lowest BCUT2D eigenvalue weighted by Gasteiger charge is -2.23. The monoisotopic (exact) mass is 366 g/mol. The van der Waals surface area contributed by atoms with Crippen LogP contribution in [0, 0.1) is 0 Å². The maximum Gasteiger partial charge on any atom is 0.415 e. The Labute approximate surface area is 153 Å². The van der Waals surface area contributed by atoms with Crippen molar-refractivity contribution in [1.82, 2.24) is 10.2 Å². The molecule has 2 N–H and O–H groups in total. The number of rotatable bonds is 8. The first-order valence-electron chi connectivity index (χ1n) is 8.21. The third kappa shape index (κ3) is 7.52. The van der Waals surface area contributed by atoms with Crippen LogP contribution in [-0.4, -0.2) is 60.3 Å². The number of carbonyl (C=O) groups excluding carboxylic acids is 3. The van der Waals surface area contributed by atoms with Crippen molar-refractivity contribution in [1.29, 1.82) is 0 Å². The van der Waals surface area contributed by atoms with E-state index in [1.165, 1.54) is 11.9 Å². The average molecular weight is 366 g/mol. The predicted molar refractivity (Wildman–Crippen MR) is 94.7 cm³/mol. The number of hydrogen-bond acceptors (Lipinski definition) is 6. The topological polar surface area (TPSA) is 105 Å². The van der Waals surface area contributed by atoms with Gasteiger partial charge in [0, 0.05) is 20.0 Å². The Kier molecular flexibility index (Phi) is 8.05. The summed E-state index contributed by atoms with van der Waals surface area (Å²) >= 11 is 0. The van der Waals surface area contributed by atoms with Gasteiger partial charge in [-0.15, -0.1) is 0 Å². The number of likely N-dealkylation sites (N-methyl/N-ethyl adjacent to an activating group) is 1. The van der Waals surface area contributed by atoms with Crippen molar-refractivity contribution in [3.63, 3.8) is 0 Å². The van der Waals surface area contributed by atoms with Gasteiger partial charge in [-0.2, -0.15) is 0 Å². The minimum atomic E-state index is -0.809. The number of ether oxygens (including phenoxy) is 2. The lowest BCUT2D eigenvalue weighted by atomic mass is 10.1. The molecule has 1 atom stereocenters. The fourth-order valence-electron chi connectivity index (χ4n) is 2.01. The van der Waals surface area contributed by atoms with E-state index < -0.39 is 23.7 Å². The summed E-state index contributed by atoms with van der Waals surface area (Å²) in [5.74, 6) is -0.188. The molecule has 0 bridgehead atoms. The van der Waals surface area contributed by atoms with E-state index in [2.05, 4.69) is 5.32 Å². The standard InChI is InChI=1S/C18H26N2O6/c1-18(2,3)26-16(23)15(19-12-22)11-13-5-7-14(8-6-13)25-17(24)20(4)9-10-21/h5-8,12,15,21H,9-11H2,1-4H3,(H,19,22). The van der Waals surface area contributed by atoms with Crippen LogP contribution in [0.1, 0.15) is 26.3 Å². The van der Waals surface area contributed by atoms with E-state index in [0.29, 0.717) is 12.2 Å². The Balaban J connectivity index is 2.72. The minimum absolute atomic E-state index is 0.152. The molecule has 26 heavy (non-hydrogen) atoms. The summed E-state index contributed by atoms with van der Waals surface area (Å²) < 4.78 is 10.5. The van der Waals surface area contributed by atoms with Gasteiger partial charge in [-0.1, -0.05) is 12.1 Å². The normalized spacial score (nSPS) is 12.0. The number of hydrogen-bond donors (Lipinski definition) is 2. The number of nitrogens with one attached hydrogen (secondary N) is 1. The summed E-state index contributed by atoms with van der Waals surface area (Å²) in [6.07, 6.45) is 0.120. The van der Waals surface area contributed by atoms with Crippen molar-refractivity contribution < 1.29 is 29.0 Å². The SMILES string of the molecule is CN(CCO)C(=O)Oc1ccc(CC(NC=O)C(=O)OC(C)(C)C)cc1. The molecule has 0 aliphatic heterocycles. The van der Waals surface area contributed by atoms with Crippen LogP contribution in [0.5, 0.6) is 5.75 Å². The van der Waals surface area contributed by atoms with Gasteiger partial charge in [-0.3, -0.25) is 4.79 Å². The Morgan fingerprint density at radius 3 is 2.38 bits per heavy atom. The zero-order valence-corrected chi connectivity index (χ0v) is 15.5. The molecule has 8 heteroatoms. The van der Waals surface area contributed by atoms with Gasteiger partial charge in [0.25, 0.3) is 0 Å². The molecule has 0 radical (unpaired) electrons. The second-order valence-electron chi connectivity index (χ2n) is 6.73. The highest BCUT2D eigenvalue weighted by molar-refractivity contribution is 5.79. The van der Waals surface area contributed by atoms with E-state index in [9.17, 15) is 14.4 Å². The maximum atomic E-state index is 12.2. The van der Waals surface area contributed by atoms with Crippen LogP contribution < -0.4 is 10.1 Å². The van der Waals surface area contributed by atoms with Gasteiger partial charge >= 0.3 is 12.1 Å². The van der Waals surface area contributed by atoms with Crippen LogP contribution in [0.2, 0.25) is 0 Å². The molecule has 144 valence electrons. The highest BCUT2D eigenvalue weighted by Crippen LogP contribution is 2.16. The molecule has 0 saturated carbocycles. The largest absolute Gasteiger partial charge is 0.458 e. The summed E-state index contributed by atoms with van der Waals surface area (Å²) in [4.78, 5) is 35.9. The molecule has 8 nitrogen and oxygen atoms in total. The number of amides is 2. The van der Waals surface area contributed by atoms with Gasteiger partial charge in [0.05, 0.1) is 6.61 Å². The van der Waals surface area contributed by atoms with E-state index in [1.54, 1.807) is 45.0 Å². The molecule has 0 heterocycles. The summed E-state index contributed by atoms with van der Waals surface area (Å²) in [7, 11) is 1.52.